The van der Waals surface area contributed by atoms with Crippen molar-refractivity contribution in [3.8, 4) is 0 Å². The molecule has 1 amide bonds. The van der Waals surface area contributed by atoms with Gasteiger partial charge in [-0.2, -0.15) is 0 Å². The Labute approximate surface area is 112 Å². The van der Waals surface area contributed by atoms with Gasteiger partial charge in [-0.05, 0) is 36.8 Å². The van der Waals surface area contributed by atoms with Gasteiger partial charge in [0, 0.05) is 23.4 Å². The third-order valence-corrected chi connectivity index (χ3v) is 4.74. The first-order valence-corrected chi connectivity index (χ1v) is 7.30. The molecule has 0 bridgehead atoms. The Kier molecular flexibility index (Phi) is 3.16. The lowest BCUT2D eigenvalue weighted by atomic mass is 10.0. The summed E-state index contributed by atoms with van der Waals surface area (Å²) in [6.45, 7) is 2.13. The number of benzene rings is 1. The molecule has 2 heterocycles. The molecule has 2 aliphatic heterocycles. The maximum absolute atomic E-state index is 11.8. The summed E-state index contributed by atoms with van der Waals surface area (Å²) in [5, 5.41) is 0. The molecule has 2 nitrogen and oxygen atoms in total. The number of hydrogen-bond donors (Lipinski definition) is 0. The molecule has 0 saturated carbocycles. The molecule has 0 spiro atoms. The first-order chi connectivity index (χ1) is 8.74. The van der Waals surface area contributed by atoms with Crippen molar-refractivity contribution >= 4 is 17.7 Å². The van der Waals surface area contributed by atoms with E-state index in [0.29, 0.717) is 11.9 Å². The maximum Gasteiger partial charge on any atom is 0.223 e. The fourth-order valence-corrected chi connectivity index (χ4v) is 4.02. The number of fused-ring (bicyclic) bond motifs is 1. The third kappa shape index (κ3) is 2.19. The number of carbonyl (C=O) groups excluding carboxylic acids is 1. The summed E-state index contributed by atoms with van der Waals surface area (Å²) in [7, 11) is 0. The summed E-state index contributed by atoms with van der Waals surface area (Å²) in [4.78, 5) is 16.5. The first kappa shape index (κ1) is 11.8. The molecular formula is C15H17NOS. The minimum atomic E-state index is 0.255. The number of amides is 1. The molecular weight excluding hydrogens is 242 g/mol. The molecule has 94 valence electrons. The molecule has 1 aromatic carbocycles. The molecule has 2 atom stereocenters. The van der Waals surface area contributed by atoms with Crippen LogP contribution >= 0.6 is 11.8 Å². The van der Waals surface area contributed by atoms with Crippen molar-refractivity contribution < 1.29 is 4.79 Å². The summed E-state index contributed by atoms with van der Waals surface area (Å²) in [5.41, 5.74) is 0. The van der Waals surface area contributed by atoms with E-state index in [9.17, 15) is 4.79 Å². The van der Waals surface area contributed by atoms with Crippen LogP contribution in [-0.4, -0.2) is 22.9 Å². The summed E-state index contributed by atoms with van der Waals surface area (Å²) < 4.78 is 0. The van der Waals surface area contributed by atoms with Gasteiger partial charge in [0.05, 0.1) is 0 Å². The standard InChI is InChI=1S/C15H17NOS/c1-11-9-14(18-13-5-3-2-4-6-13)10-12-7-8-15(17)16(11)12/h2-6,9,11-12H,7-8,10H2,1H3/t11-,12+/m0/s1. The molecule has 0 N–H and O–H groups in total. The minimum absolute atomic E-state index is 0.255. The van der Waals surface area contributed by atoms with Gasteiger partial charge in [-0.1, -0.05) is 36.0 Å². The van der Waals surface area contributed by atoms with Gasteiger partial charge in [-0.3, -0.25) is 4.79 Å². The van der Waals surface area contributed by atoms with Crippen molar-refractivity contribution in [2.45, 2.75) is 43.2 Å². The Morgan fingerprint density at radius 3 is 2.83 bits per heavy atom. The highest BCUT2D eigenvalue weighted by Crippen LogP contribution is 2.38. The number of nitrogens with zero attached hydrogens (tertiary/aromatic N) is 1. The van der Waals surface area contributed by atoms with Gasteiger partial charge >= 0.3 is 0 Å². The molecule has 18 heavy (non-hydrogen) atoms. The number of thioether (sulfide) groups is 1. The number of rotatable bonds is 2. The highest BCUT2D eigenvalue weighted by molar-refractivity contribution is 8.03. The summed E-state index contributed by atoms with van der Waals surface area (Å²) in [5.74, 6) is 0.326. The van der Waals surface area contributed by atoms with Crippen LogP contribution in [0.4, 0.5) is 0 Å². The summed E-state index contributed by atoms with van der Waals surface area (Å²) >= 11 is 1.84. The minimum Gasteiger partial charge on any atom is -0.333 e. The van der Waals surface area contributed by atoms with Crippen LogP contribution in [0.5, 0.6) is 0 Å². The lowest BCUT2D eigenvalue weighted by molar-refractivity contribution is -0.130. The fourth-order valence-electron chi connectivity index (χ4n) is 2.89. The highest BCUT2D eigenvalue weighted by atomic mass is 32.2. The summed E-state index contributed by atoms with van der Waals surface area (Å²) in [6, 6.07) is 11.2. The van der Waals surface area contributed by atoms with Gasteiger partial charge < -0.3 is 4.90 Å². The largest absolute Gasteiger partial charge is 0.333 e. The Hall–Kier alpha value is -1.22. The van der Waals surface area contributed by atoms with Crippen molar-refractivity contribution in [2.24, 2.45) is 0 Å². The van der Waals surface area contributed by atoms with E-state index >= 15 is 0 Å². The van der Waals surface area contributed by atoms with Gasteiger partial charge in [-0.15, -0.1) is 0 Å². The maximum atomic E-state index is 11.8. The Bertz CT molecular complexity index is 483. The van der Waals surface area contributed by atoms with Crippen LogP contribution < -0.4 is 0 Å². The van der Waals surface area contributed by atoms with Crippen molar-refractivity contribution in [1.82, 2.24) is 4.90 Å². The van der Waals surface area contributed by atoms with Crippen molar-refractivity contribution in [3.05, 3.63) is 41.3 Å². The van der Waals surface area contributed by atoms with Crippen molar-refractivity contribution in [2.75, 3.05) is 0 Å². The average Bonchev–Trinajstić information content (AvgIpc) is 2.72. The molecule has 3 rings (SSSR count). The van der Waals surface area contributed by atoms with Gasteiger partial charge in [0.25, 0.3) is 0 Å². The van der Waals surface area contributed by atoms with Gasteiger partial charge in [0.15, 0.2) is 0 Å². The van der Waals surface area contributed by atoms with Gasteiger partial charge in [0.2, 0.25) is 5.91 Å². The third-order valence-electron chi connectivity index (χ3n) is 3.67. The molecule has 0 aromatic heterocycles. The lowest BCUT2D eigenvalue weighted by Crippen LogP contribution is -2.42. The fraction of sp³-hybridized carbons (Fsp3) is 0.400. The predicted octanol–water partition coefficient (Wildman–Crippen LogP) is 3.45. The lowest BCUT2D eigenvalue weighted by Gasteiger charge is -2.34. The van der Waals surface area contributed by atoms with E-state index in [4.69, 9.17) is 0 Å². The average molecular weight is 259 g/mol. The second-order valence-corrected chi connectivity index (χ2v) is 6.19. The van der Waals surface area contributed by atoms with Crippen molar-refractivity contribution in [1.29, 1.82) is 0 Å². The molecule has 0 unspecified atom stereocenters. The van der Waals surface area contributed by atoms with E-state index in [2.05, 4.69) is 42.2 Å². The van der Waals surface area contributed by atoms with Crippen molar-refractivity contribution in [3.63, 3.8) is 0 Å². The molecule has 0 radical (unpaired) electrons. The molecule has 2 aliphatic rings. The number of carbonyl (C=O) groups is 1. The SMILES string of the molecule is C[C@H]1C=C(Sc2ccccc2)C[C@H]2CCC(=O)N21. The predicted molar refractivity (Wildman–Crippen MR) is 74.3 cm³/mol. The van der Waals surface area contributed by atoms with Gasteiger partial charge in [0.1, 0.15) is 0 Å². The van der Waals surface area contributed by atoms with E-state index in [1.165, 1.54) is 9.80 Å². The Morgan fingerprint density at radius 2 is 2.06 bits per heavy atom. The topological polar surface area (TPSA) is 20.3 Å². The zero-order chi connectivity index (χ0) is 12.5. The highest BCUT2D eigenvalue weighted by Gasteiger charge is 2.36. The number of hydrogen-bond acceptors (Lipinski definition) is 2. The van der Waals surface area contributed by atoms with Crippen LogP contribution in [0.15, 0.2) is 46.2 Å². The zero-order valence-electron chi connectivity index (χ0n) is 10.5. The van der Waals surface area contributed by atoms with Gasteiger partial charge in [-0.25, -0.2) is 0 Å². The van der Waals surface area contributed by atoms with Crippen LogP contribution in [0.25, 0.3) is 0 Å². The Morgan fingerprint density at radius 1 is 1.28 bits per heavy atom. The second-order valence-electron chi connectivity index (χ2n) is 4.99. The van der Waals surface area contributed by atoms with E-state index in [0.717, 1.165) is 19.3 Å². The summed E-state index contributed by atoms with van der Waals surface area (Å²) in [6.07, 6.45) is 5.02. The molecule has 1 aromatic rings. The van der Waals surface area contributed by atoms with Crippen LogP contribution in [-0.2, 0) is 4.79 Å². The molecule has 1 fully saturated rings. The first-order valence-electron chi connectivity index (χ1n) is 6.49. The smallest absolute Gasteiger partial charge is 0.223 e. The molecule has 0 aliphatic carbocycles. The van der Waals surface area contributed by atoms with Crippen LogP contribution in [0, 0.1) is 0 Å². The van der Waals surface area contributed by atoms with E-state index in [-0.39, 0.29) is 6.04 Å². The van der Waals surface area contributed by atoms with E-state index < -0.39 is 0 Å². The quantitative estimate of drug-likeness (QED) is 0.811. The monoisotopic (exact) mass is 259 g/mol. The van der Waals surface area contributed by atoms with E-state index in [1.807, 2.05) is 17.8 Å². The molecule has 3 heteroatoms. The zero-order valence-corrected chi connectivity index (χ0v) is 11.3. The Balaban J connectivity index is 1.77. The normalized spacial score (nSPS) is 27.1. The van der Waals surface area contributed by atoms with E-state index in [1.54, 1.807) is 0 Å². The molecule has 1 saturated heterocycles. The second kappa shape index (κ2) is 4.81. The van der Waals surface area contributed by atoms with Crippen LogP contribution in [0.3, 0.4) is 0 Å². The van der Waals surface area contributed by atoms with Crippen LogP contribution in [0.1, 0.15) is 26.2 Å². The van der Waals surface area contributed by atoms with Crippen LogP contribution in [0.2, 0.25) is 0 Å².